The molecule has 3 aromatic rings. The molecule has 120 valence electrons. The molecule has 0 amide bonds. The highest BCUT2D eigenvalue weighted by Gasteiger charge is 2.16. The molecule has 1 aromatic carbocycles. The van der Waals surface area contributed by atoms with Gasteiger partial charge in [0.2, 0.25) is 0 Å². The molecule has 0 atom stereocenters. The van der Waals surface area contributed by atoms with Crippen molar-refractivity contribution in [2.75, 3.05) is 18.5 Å². The van der Waals surface area contributed by atoms with Crippen LogP contribution in [0.25, 0.3) is 21.3 Å². The molecule has 3 rings (SSSR count). The van der Waals surface area contributed by atoms with Gasteiger partial charge in [-0.2, -0.15) is 0 Å². The number of rotatable bonds is 5. The third-order valence-corrected chi connectivity index (χ3v) is 5.12. The number of thiophene rings is 1. The van der Waals surface area contributed by atoms with Gasteiger partial charge in [0, 0.05) is 24.5 Å². The van der Waals surface area contributed by atoms with E-state index in [4.69, 9.17) is 0 Å². The number of fused-ring (bicyclic) bond motifs is 1. The van der Waals surface area contributed by atoms with Crippen LogP contribution >= 0.6 is 11.3 Å². The molecule has 0 aliphatic rings. The Bertz CT molecular complexity index is 823. The lowest BCUT2D eigenvalue weighted by molar-refractivity contribution is 0.761. The smallest absolute Gasteiger partial charge is 0.141 e. The summed E-state index contributed by atoms with van der Waals surface area (Å²) >= 11 is 1.70. The van der Waals surface area contributed by atoms with Gasteiger partial charge in [-0.1, -0.05) is 37.1 Å². The van der Waals surface area contributed by atoms with E-state index in [1.165, 1.54) is 40.5 Å². The van der Waals surface area contributed by atoms with Crippen molar-refractivity contribution >= 4 is 27.4 Å². The summed E-state index contributed by atoms with van der Waals surface area (Å²) in [5, 5.41) is 3.40. The van der Waals surface area contributed by atoms with Crippen molar-refractivity contribution in [2.45, 2.75) is 33.6 Å². The maximum Gasteiger partial charge on any atom is 0.141 e. The monoisotopic (exact) mass is 325 g/mol. The van der Waals surface area contributed by atoms with E-state index in [0.717, 1.165) is 17.2 Å². The molecule has 4 heteroatoms. The molecule has 0 saturated carbocycles. The van der Waals surface area contributed by atoms with Crippen LogP contribution in [0.4, 0.5) is 5.82 Å². The van der Waals surface area contributed by atoms with Gasteiger partial charge >= 0.3 is 0 Å². The summed E-state index contributed by atoms with van der Waals surface area (Å²) in [6, 6.07) is 6.63. The van der Waals surface area contributed by atoms with E-state index in [1.807, 2.05) is 0 Å². The van der Waals surface area contributed by atoms with Crippen LogP contribution in [0.1, 0.15) is 30.9 Å². The molecule has 2 heterocycles. The Morgan fingerprint density at radius 3 is 2.70 bits per heavy atom. The molecule has 0 fully saturated rings. The fourth-order valence-electron chi connectivity index (χ4n) is 2.96. The average molecular weight is 325 g/mol. The summed E-state index contributed by atoms with van der Waals surface area (Å²) in [5.74, 6) is 1.04. The number of benzene rings is 1. The van der Waals surface area contributed by atoms with Crippen LogP contribution in [0.2, 0.25) is 0 Å². The molecular formula is C19H23N3S. The van der Waals surface area contributed by atoms with Gasteiger partial charge in [0.25, 0.3) is 0 Å². The van der Waals surface area contributed by atoms with Crippen molar-refractivity contribution < 1.29 is 0 Å². The first kappa shape index (κ1) is 15.9. The van der Waals surface area contributed by atoms with Crippen LogP contribution in [0.3, 0.4) is 0 Å². The molecule has 2 aromatic heterocycles. The summed E-state index contributed by atoms with van der Waals surface area (Å²) in [4.78, 5) is 12.4. The standard InChI is InChI=1S/C19H23N3S/c1-5-6-9-22(4)18-17-16(11-23-19(17)21-12-20-18)15-8-7-13(2)10-14(15)3/h7-8,10-12H,5-6,9H2,1-4H3. The van der Waals surface area contributed by atoms with E-state index >= 15 is 0 Å². The highest BCUT2D eigenvalue weighted by atomic mass is 32.1. The number of hydrogen-bond acceptors (Lipinski definition) is 4. The van der Waals surface area contributed by atoms with Gasteiger partial charge in [0.15, 0.2) is 0 Å². The normalized spacial score (nSPS) is 11.1. The quantitative estimate of drug-likeness (QED) is 0.644. The van der Waals surface area contributed by atoms with Gasteiger partial charge in [0.05, 0.1) is 5.39 Å². The Labute approximate surface area is 142 Å². The summed E-state index contributed by atoms with van der Waals surface area (Å²) in [6.45, 7) is 7.55. The second kappa shape index (κ2) is 6.67. The zero-order valence-electron chi connectivity index (χ0n) is 14.3. The molecule has 0 bridgehead atoms. The third kappa shape index (κ3) is 3.08. The zero-order chi connectivity index (χ0) is 16.4. The van der Waals surface area contributed by atoms with Gasteiger partial charge in [0.1, 0.15) is 17.0 Å². The number of aryl methyl sites for hydroxylation is 2. The van der Waals surface area contributed by atoms with Crippen molar-refractivity contribution in [3.05, 3.63) is 41.0 Å². The predicted molar refractivity (Wildman–Crippen MR) is 101 cm³/mol. The minimum atomic E-state index is 1.02. The van der Waals surface area contributed by atoms with Crippen LogP contribution in [-0.4, -0.2) is 23.6 Å². The van der Waals surface area contributed by atoms with E-state index in [9.17, 15) is 0 Å². The van der Waals surface area contributed by atoms with Crippen LogP contribution in [0.5, 0.6) is 0 Å². The summed E-state index contributed by atoms with van der Waals surface area (Å²) in [5.41, 5.74) is 5.13. The summed E-state index contributed by atoms with van der Waals surface area (Å²) < 4.78 is 0. The average Bonchev–Trinajstić information content (AvgIpc) is 2.96. The Balaban J connectivity index is 2.15. The SMILES string of the molecule is CCCCN(C)c1ncnc2scc(-c3ccc(C)cc3C)c12. The fraction of sp³-hybridized carbons (Fsp3) is 0.368. The van der Waals surface area contributed by atoms with Gasteiger partial charge in [-0.05, 0) is 31.4 Å². The second-order valence-corrected chi connectivity index (χ2v) is 6.98. The predicted octanol–water partition coefficient (Wildman–Crippen LogP) is 5.21. The maximum atomic E-state index is 4.59. The first-order valence-electron chi connectivity index (χ1n) is 8.12. The molecule has 0 saturated heterocycles. The van der Waals surface area contributed by atoms with Crippen LogP contribution < -0.4 is 4.90 Å². The lowest BCUT2D eigenvalue weighted by Crippen LogP contribution is -2.19. The van der Waals surface area contributed by atoms with E-state index in [0.29, 0.717) is 0 Å². The largest absolute Gasteiger partial charge is 0.359 e. The molecule has 0 N–H and O–H groups in total. The summed E-state index contributed by atoms with van der Waals surface area (Å²) in [6.07, 6.45) is 4.04. The first-order chi connectivity index (χ1) is 11.1. The number of nitrogens with zero attached hydrogens (tertiary/aromatic N) is 3. The Hall–Kier alpha value is -1.94. The Morgan fingerprint density at radius 2 is 1.96 bits per heavy atom. The minimum Gasteiger partial charge on any atom is -0.359 e. The molecule has 0 radical (unpaired) electrons. The van der Waals surface area contributed by atoms with E-state index < -0.39 is 0 Å². The number of hydrogen-bond donors (Lipinski definition) is 0. The minimum absolute atomic E-state index is 1.02. The van der Waals surface area contributed by atoms with Crippen LogP contribution in [-0.2, 0) is 0 Å². The molecule has 3 nitrogen and oxygen atoms in total. The first-order valence-corrected chi connectivity index (χ1v) is 9.00. The van der Waals surface area contributed by atoms with Crippen molar-refractivity contribution in [3.8, 4) is 11.1 Å². The Morgan fingerprint density at radius 1 is 1.13 bits per heavy atom. The molecule has 0 spiro atoms. The van der Waals surface area contributed by atoms with E-state index in [1.54, 1.807) is 17.7 Å². The Kier molecular flexibility index (Phi) is 4.62. The van der Waals surface area contributed by atoms with Crippen LogP contribution in [0, 0.1) is 13.8 Å². The maximum absolute atomic E-state index is 4.59. The molecule has 0 aliphatic carbocycles. The second-order valence-electron chi connectivity index (χ2n) is 6.12. The highest BCUT2D eigenvalue weighted by molar-refractivity contribution is 7.17. The van der Waals surface area contributed by atoms with Crippen molar-refractivity contribution in [3.63, 3.8) is 0 Å². The molecule has 23 heavy (non-hydrogen) atoms. The zero-order valence-corrected chi connectivity index (χ0v) is 15.1. The van der Waals surface area contributed by atoms with Gasteiger partial charge in [-0.25, -0.2) is 9.97 Å². The molecule has 0 unspecified atom stereocenters. The highest BCUT2D eigenvalue weighted by Crippen LogP contribution is 2.38. The van der Waals surface area contributed by atoms with Crippen molar-refractivity contribution in [1.82, 2.24) is 9.97 Å². The molecule has 0 aliphatic heterocycles. The van der Waals surface area contributed by atoms with Crippen molar-refractivity contribution in [2.24, 2.45) is 0 Å². The van der Waals surface area contributed by atoms with Crippen molar-refractivity contribution in [1.29, 1.82) is 0 Å². The lowest BCUT2D eigenvalue weighted by Gasteiger charge is -2.19. The van der Waals surface area contributed by atoms with Gasteiger partial charge < -0.3 is 4.90 Å². The number of unbranched alkanes of at least 4 members (excludes halogenated alkanes) is 1. The third-order valence-electron chi connectivity index (χ3n) is 4.23. The van der Waals surface area contributed by atoms with E-state index in [-0.39, 0.29) is 0 Å². The number of aromatic nitrogens is 2. The fourth-order valence-corrected chi connectivity index (χ4v) is 3.87. The number of anilines is 1. The lowest BCUT2D eigenvalue weighted by atomic mass is 9.99. The van der Waals surface area contributed by atoms with Gasteiger partial charge in [-0.15, -0.1) is 11.3 Å². The van der Waals surface area contributed by atoms with Crippen LogP contribution in [0.15, 0.2) is 29.9 Å². The summed E-state index contributed by atoms with van der Waals surface area (Å²) in [7, 11) is 2.13. The van der Waals surface area contributed by atoms with Gasteiger partial charge in [-0.3, -0.25) is 0 Å². The molecular weight excluding hydrogens is 302 g/mol. The topological polar surface area (TPSA) is 29.0 Å². The van der Waals surface area contributed by atoms with E-state index in [2.05, 4.69) is 66.3 Å².